The molecule has 2 aromatic heterocycles. The maximum Gasteiger partial charge on any atom is 0.325 e. The van der Waals surface area contributed by atoms with E-state index in [-0.39, 0.29) is 5.69 Å². The number of H-pyrrole nitrogens is 2. The average Bonchev–Trinajstić information content (AvgIpc) is 2.77. The fraction of sp³-hybridized carbons (Fsp3) is 0. The van der Waals surface area contributed by atoms with Crippen LogP contribution in [-0.4, -0.2) is 15.0 Å². The lowest BCUT2D eigenvalue weighted by molar-refractivity contribution is 1.20. The van der Waals surface area contributed by atoms with Gasteiger partial charge in [-0.15, -0.1) is 0 Å². The van der Waals surface area contributed by atoms with E-state index in [0.717, 1.165) is 11.1 Å². The number of aromatic amines is 2. The van der Waals surface area contributed by atoms with Crippen molar-refractivity contribution in [1.82, 2.24) is 15.0 Å². The monoisotopic (exact) mass is 236 g/mol. The molecule has 1 aromatic carbocycles. The molecule has 0 aliphatic rings. The van der Waals surface area contributed by atoms with Crippen molar-refractivity contribution in [2.75, 3.05) is 0 Å². The predicted octanol–water partition coefficient (Wildman–Crippen LogP) is 1.79. The lowest BCUT2D eigenvalue weighted by Gasteiger charge is -2.01. The summed E-state index contributed by atoms with van der Waals surface area (Å²) in [4.78, 5) is 20.6. The molecule has 0 fully saturated rings. The molecular formula is C13H8N4O. The van der Waals surface area contributed by atoms with E-state index in [2.05, 4.69) is 21.0 Å². The number of aromatic nitrogens is 3. The Bertz CT molecular complexity index is 823. The van der Waals surface area contributed by atoms with Gasteiger partial charge in [0.1, 0.15) is 0 Å². The number of nitriles is 1. The highest BCUT2D eigenvalue weighted by Gasteiger charge is 2.04. The third-order valence-corrected chi connectivity index (χ3v) is 2.69. The number of hydrogen-bond donors (Lipinski definition) is 2. The molecule has 86 valence electrons. The molecular weight excluding hydrogens is 228 g/mol. The molecule has 0 radical (unpaired) electrons. The maximum atomic E-state index is 11.1. The van der Waals surface area contributed by atoms with Gasteiger partial charge in [-0.1, -0.05) is 12.1 Å². The van der Waals surface area contributed by atoms with E-state index in [4.69, 9.17) is 5.26 Å². The Labute approximate surface area is 102 Å². The predicted molar refractivity (Wildman–Crippen MR) is 66.9 cm³/mol. The average molecular weight is 236 g/mol. The van der Waals surface area contributed by atoms with E-state index in [0.29, 0.717) is 16.7 Å². The van der Waals surface area contributed by atoms with Crippen LogP contribution >= 0.6 is 0 Å². The Balaban J connectivity index is 2.18. The van der Waals surface area contributed by atoms with Gasteiger partial charge in [0.05, 0.1) is 17.1 Å². The highest BCUT2D eigenvalue weighted by atomic mass is 16.1. The molecule has 3 aromatic rings. The summed E-state index contributed by atoms with van der Waals surface area (Å²) >= 11 is 0. The molecule has 0 saturated heterocycles. The topological polar surface area (TPSA) is 85.3 Å². The third kappa shape index (κ3) is 1.66. The van der Waals surface area contributed by atoms with Crippen molar-refractivity contribution in [3.05, 3.63) is 52.6 Å². The molecule has 0 spiro atoms. The summed E-state index contributed by atoms with van der Waals surface area (Å²) in [6, 6.07) is 11.2. The van der Waals surface area contributed by atoms with Crippen LogP contribution in [0.3, 0.4) is 0 Å². The Morgan fingerprint density at radius 3 is 2.89 bits per heavy atom. The van der Waals surface area contributed by atoms with Gasteiger partial charge in [-0.2, -0.15) is 5.26 Å². The number of nitrogens with one attached hydrogen (secondary N) is 2. The normalized spacial score (nSPS) is 10.4. The fourth-order valence-corrected chi connectivity index (χ4v) is 1.85. The molecule has 0 unspecified atom stereocenters. The number of pyridine rings is 1. The van der Waals surface area contributed by atoms with E-state index < -0.39 is 0 Å². The molecule has 3 rings (SSSR count). The van der Waals surface area contributed by atoms with Crippen molar-refractivity contribution in [1.29, 1.82) is 5.26 Å². The van der Waals surface area contributed by atoms with Crippen molar-refractivity contribution in [3.63, 3.8) is 0 Å². The molecule has 5 heteroatoms. The SMILES string of the molecule is N#Cc1cccc(-c2cnc3[nH]c(=O)[nH]c3c2)c1. The summed E-state index contributed by atoms with van der Waals surface area (Å²) in [7, 11) is 0. The van der Waals surface area contributed by atoms with Crippen LogP contribution in [-0.2, 0) is 0 Å². The fourth-order valence-electron chi connectivity index (χ4n) is 1.85. The second-order valence-electron chi connectivity index (χ2n) is 3.89. The number of fused-ring (bicyclic) bond motifs is 1. The van der Waals surface area contributed by atoms with Crippen LogP contribution in [0.25, 0.3) is 22.3 Å². The van der Waals surface area contributed by atoms with Gasteiger partial charge in [-0.05, 0) is 23.8 Å². The minimum absolute atomic E-state index is 0.277. The zero-order valence-corrected chi connectivity index (χ0v) is 9.27. The number of hydrogen-bond acceptors (Lipinski definition) is 3. The van der Waals surface area contributed by atoms with Crippen molar-refractivity contribution < 1.29 is 0 Å². The first-order chi connectivity index (χ1) is 8.76. The molecule has 5 nitrogen and oxygen atoms in total. The number of benzene rings is 1. The number of imidazole rings is 1. The highest BCUT2D eigenvalue weighted by Crippen LogP contribution is 2.21. The number of nitrogens with zero attached hydrogens (tertiary/aromatic N) is 2. The molecule has 0 bridgehead atoms. The quantitative estimate of drug-likeness (QED) is 0.675. The summed E-state index contributed by atoms with van der Waals surface area (Å²) in [5, 5.41) is 8.87. The Kier molecular flexibility index (Phi) is 2.21. The van der Waals surface area contributed by atoms with Crippen LogP contribution < -0.4 is 5.69 Å². The largest absolute Gasteiger partial charge is 0.325 e. The molecule has 0 aliphatic carbocycles. The van der Waals surface area contributed by atoms with Crippen LogP contribution in [0.4, 0.5) is 0 Å². The highest BCUT2D eigenvalue weighted by molar-refractivity contribution is 5.77. The molecule has 2 N–H and O–H groups in total. The minimum Gasteiger partial charge on any atom is -0.304 e. The Morgan fingerprint density at radius 1 is 1.17 bits per heavy atom. The van der Waals surface area contributed by atoms with Gasteiger partial charge in [-0.25, -0.2) is 9.78 Å². The molecule has 2 heterocycles. The van der Waals surface area contributed by atoms with Gasteiger partial charge in [0.25, 0.3) is 0 Å². The lowest BCUT2D eigenvalue weighted by Crippen LogP contribution is -1.99. The summed E-state index contributed by atoms with van der Waals surface area (Å²) in [6.45, 7) is 0. The second-order valence-corrected chi connectivity index (χ2v) is 3.89. The zero-order valence-electron chi connectivity index (χ0n) is 9.27. The van der Waals surface area contributed by atoms with Crippen LogP contribution in [0.5, 0.6) is 0 Å². The standard InChI is InChI=1S/C13H8N4O/c14-6-8-2-1-3-9(4-8)10-5-11-12(15-7-10)17-13(18)16-11/h1-5,7H,(H2,15,16,17,18). The van der Waals surface area contributed by atoms with Gasteiger partial charge in [0, 0.05) is 11.8 Å². The van der Waals surface area contributed by atoms with Crippen LogP contribution in [0.2, 0.25) is 0 Å². The van der Waals surface area contributed by atoms with Crippen molar-refractivity contribution in [2.24, 2.45) is 0 Å². The summed E-state index contributed by atoms with van der Waals surface area (Å²) in [5.74, 6) is 0. The smallest absolute Gasteiger partial charge is 0.304 e. The number of rotatable bonds is 1. The second kappa shape index (κ2) is 3.86. The van der Waals surface area contributed by atoms with E-state index in [1.165, 1.54) is 0 Å². The van der Waals surface area contributed by atoms with Gasteiger partial charge >= 0.3 is 5.69 Å². The summed E-state index contributed by atoms with van der Waals surface area (Å²) in [6.07, 6.45) is 1.67. The molecule has 18 heavy (non-hydrogen) atoms. The van der Waals surface area contributed by atoms with E-state index >= 15 is 0 Å². The van der Waals surface area contributed by atoms with Crippen LogP contribution in [0.15, 0.2) is 41.3 Å². The van der Waals surface area contributed by atoms with Gasteiger partial charge in [0.15, 0.2) is 5.65 Å². The van der Waals surface area contributed by atoms with Crippen molar-refractivity contribution in [2.45, 2.75) is 0 Å². The maximum absolute atomic E-state index is 11.1. The molecule has 0 amide bonds. The molecule has 0 aliphatic heterocycles. The first-order valence-electron chi connectivity index (χ1n) is 5.35. The van der Waals surface area contributed by atoms with Gasteiger partial charge < -0.3 is 4.98 Å². The third-order valence-electron chi connectivity index (χ3n) is 2.69. The van der Waals surface area contributed by atoms with Crippen molar-refractivity contribution in [3.8, 4) is 17.2 Å². The Morgan fingerprint density at radius 2 is 2.06 bits per heavy atom. The van der Waals surface area contributed by atoms with Gasteiger partial charge in [-0.3, -0.25) is 4.98 Å². The van der Waals surface area contributed by atoms with Crippen molar-refractivity contribution >= 4 is 11.2 Å². The minimum atomic E-state index is -0.277. The van der Waals surface area contributed by atoms with E-state index in [1.807, 2.05) is 18.2 Å². The summed E-state index contributed by atoms with van der Waals surface area (Å²) < 4.78 is 0. The summed E-state index contributed by atoms with van der Waals surface area (Å²) in [5.41, 5.74) is 3.25. The first kappa shape index (κ1) is 10.3. The van der Waals surface area contributed by atoms with Gasteiger partial charge in [0.2, 0.25) is 0 Å². The first-order valence-corrected chi connectivity index (χ1v) is 5.35. The van der Waals surface area contributed by atoms with Crippen LogP contribution in [0, 0.1) is 11.3 Å². The van der Waals surface area contributed by atoms with E-state index in [9.17, 15) is 4.79 Å². The molecule has 0 atom stereocenters. The van der Waals surface area contributed by atoms with Crippen LogP contribution in [0.1, 0.15) is 5.56 Å². The Hall–Kier alpha value is -2.87. The molecule has 0 saturated carbocycles. The lowest BCUT2D eigenvalue weighted by atomic mass is 10.1. The van der Waals surface area contributed by atoms with E-state index in [1.54, 1.807) is 18.3 Å². The zero-order chi connectivity index (χ0) is 12.5.